The lowest BCUT2D eigenvalue weighted by Gasteiger charge is -2.18. The molecule has 0 aliphatic heterocycles. The quantitative estimate of drug-likeness (QED) is 0.786. The zero-order valence-corrected chi connectivity index (χ0v) is 11.1. The van der Waals surface area contributed by atoms with Gasteiger partial charge in [0.25, 0.3) is 0 Å². The van der Waals surface area contributed by atoms with Crippen molar-refractivity contribution in [2.45, 2.75) is 39.2 Å². The van der Waals surface area contributed by atoms with E-state index in [1.807, 2.05) is 12.1 Å². The van der Waals surface area contributed by atoms with Crippen molar-refractivity contribution >= 4 is 0 Å². The molecule has 17 heavy (non-hydrogen) atoms. The molecule has 0 saturated heterocycles. The summed E-state index contributed by atoms with van der Waals surface area (Å²) < 4.78 is 5.04. The highest BCUT2D eigenvalue weighted by atomic mass is 16.5. The summed E-state index contributed by atoms with van der Waals surface area (Å²) >= 11 is 0. The van der Waals surface area contributed by atoms with Gasteiger partial charge in [-0.1, -0.05) is 44.5 Å². The van der Waals surface area contributed by atoms with Crippen molar-refractivity contribution in [2.24, 2.45) is 5.92 Å². The molecular formula is C15H24O2. The van der Waals surface area contributed by atoms with Gasteiger partial charge in [0.15, 0.2) is 0 Å². The van der Waals surface area contributed by atoms with Crippen LogP contribution in [0, 0.1) is 5.92 Å². The van der Waals surface area contributed by atoms with E-state index >= 15 is 0 Å². The van der Waals surface area contributed by atoms with Crippen molar-refractivity contribution in [1.82, 2.24) is 0 Å². The van der Waals surface area contributed by atoms with Crippen LogP contribution in [-0.2, 0) is 11.2 Å². The van der Waals surface area contributed by atoms with Crippen LogP contribution in [-0.4, -0.2) is 18.8 Å². The third kappa shape index (κ3) is 4.49. The maximum absolute atomic E-state index is 10.2. The Labute approximate surface area is 105 Å². The number of rotatable bonds is 7. The van der Waals surface area contributed by atoms with Crippen molar-refractivity contribution in [3.05, 3.63) is 35.4 Å². The second kappa shape index (κ2) is 7.46. The third-order valence-corrected chi connectivity index (χ3v) is 3.20. The number of methoxy groups -OCH3 is 1. The van der Waals surface area contributed by atoms with Crippen LogP contribution in [0.1, 0.15) is 43.9 Å². The molecule has 2 unspecified atom stereocenters. The van der Waals surface area contributed by atoms with Crippen molar-refractivity contribution in [1.29, 1.82) is 0 Å². The summed E-state index contributed by atoms with van der Waals surface area (Å²) in [6, 6.07) is 8.22. The summed E-state index contributed by atoms with van der Waals surface area (Å²) in [6.07, 6.45) is 2.76. The van der Waals surface area contributed by atoms with Gasteiger partial charge in [0.1, 0.15) is 0 Å². The molecule has 1 aromatic rings. The van der Waals surface area contributed by atoms with Gasteiger partial charge in [-0.25, -0.2) is 0 Å². The molecule has 0 aromatic heterocycles. The van der Waals surface area contributed by atoms with E-state index in [1.165, 1.54) is 5.56 Å². The van der Waals surface area contributed by atoms with E-state index in [9.17, 15) is 5.11 Å². The first-order valence-electron chi connectivity index (χ1n) is 6.44. The Morgan fingerprint density at radius 3 is 2.41 bits per heavy atom. The van der Waals surface area contributed by atoms with Crippen LogP contribution in [0.5, 0.6) is 0 Å². The monoisotopic (exact) mass is 236 g/mol. The summed E-state index contributed by atoms with van der Waals surface area (Å²) in [7, 11) is 1.71. The number of benzene rings is 1. The number of aliphatic hydroxyl groups is 1. The summed E-state index contributed by atoms with van der Waals surface area (Å²) in [4.78, 5) is 0. The fourth-order valence-corrected chi connectivity index (χ4v) is 2.04. The highest BCUT2D eigenvalue weighted by molar-refractivity contribution is 5.24. The van der Waals surface area contributed by atoms with E-state index in [0.29, 0.717) is 5.92 Å². The number of hydrogen-bond donors (Lipinski definition) is 1. The highest BCUT2D eigenvalue weighted by Gasteiger charge is 2.15. The Kier molecular flexibility index (Phi) is 6.23. The first kappa shape index (κ1) is 14.2. The predicted octanol–water partition coefficient (Wildman–Crippen LogP) is 3.35. The molecule has 0 spiro atoms. The van der Waals surface area contributed by atoms with Crippen LogP contribution in [0.2, 0.25) is 0 Å². The zero-order chi connectivity index (χ0) is 12.7. The van der Waals surface area contributed by atoms with E-state index in [2.05, 4.69) is 26.0 Å². The first-order chi connectivity index (χ1) is 8.19. The minimum Gasteiger partial charge on any atom is -0.388 e. The third-order valence-electron chi connectivity index (χ3n) is 3.20. The molecule has 0 bridgehead atoms. The molecule has 1 rings (SSSR count). The summed E-state index contributed by atoms with van der Waals surface area (Å²) in [5.41, 5.74) is 2.28. The van der Waals surface area contributed by atoms with Crippen LogP contribution in [0.15, 0.2) is 24.3 Å². The topological polar surface area (TPSA) is 29.5 Å². The zero-order valence-electron chi connectivity index (χ0n) is 11.1. The van der Waals surface area contributed by atoms with Crippen LogP contribution in [0.25, 0.3) is 0 Å². The molecule has 2 heteroatoms. The minimum atomic E-state index is -0.341. The van der Waals surface area contributed by atoms with Gasteiger partial charge in [-0.3, -0.25) is 0 Å². The minimum absolute atomic E-state index is 0.324. The lowest BCUT2D eigenvalue weighted by atomic mass is 9.93. The average Bonchev–Trinajstić information content (AvgIpc) is 2.36. The Morgan fingerprint density at radius 1 is 1.24 bits per heavy atom. The van der Waals surface area contributed by atoms with Crippen LogP contribution in [0.3, 0.4) is 0 Å². The number of hydrogen-bond acceptors (Lipinski definition) is 2. The van der Waals surface area contributed by atoms with Crippen molar-refractivity contribution < 1.29 is 9.84 Å². The average molecular weight is 236 g/mol. The van der Waals surface area contributed by atoms with Crippen LogP contribution >= 0.6 is 0 Å². The summed E-state index contributed by atoms with van der Waals surface area (Å²) in [5.74, 6) is 0.324. The van der Waals surface area contributed by atoms with Gasteiger partial charge < -0.3 is 9.84 Å². The Morgan fingerprint density at radius 2 is 1.88 bits per heavy atom. The molecule has 0 aliphatic rings. The smallest absolute Gasteiger partial charge is 0.0815 e. The van der Waals surface area contributed by atoms with Crippen molar-refractivity contribution in [2.75, 3.05) is 13.7 Å². The Balaban J connectivity index is 2.60. The fraction of sp³-hybridized carbons (Fsp3) is 0.600. The standard InChI is InChI=1S/C15H24O2/c1-4-5-12(2)15(16)14-8-6-13(7-9-14)10-11-17-3/h6-9,12,15-16H,4-5,10-11H2,1-3H3. The first-order valence-corrected chi connectivity index (χ1v) is 6.44. The van der Waals surface area contributed by atoms with E-state index in [-0.39, 0.29) is 6.10 Å². The largest absolute Gasteiger partial charge is 0.388 e. The maximum Gasteiger partial charge on any atom is 0.0815 e. The molecule has 0 fully saturated rings. The lowest BCUT2D eigenvalue weighted by molar-refractivity contribution is 0.112. The van der Waals surface area contributed by atoms with Gasteiger partial charge in [-0.05, 0) is 29.9 Å². The Bertz CT molecular complexity index is 305. The van der Waals surface area contributed by atoms with E-state index < -0.39 is 0 Å². The van der Waals surface area contributed by atoms with E-state index in [1.54, 1.807) is 7.11 Å². The van der Waals surface area contributed by atoms with E-state index in [0.717, 1.165) is 31.4 Å². The molecule has 2 nitrogen and oxygen atoms in total. The molecule has 0 radical (unpaired) electrons. The second-order valence-electron chi connectivity index (χ2n) is 4.70. The van der Waals surface area contributed by atoms with Crippen LogP contribution in [0.4, 0.5) is 0 Å². The molecule has 2 atom stereocenters. The molecule has 0 heterocycles. The fourth-order valence-electron chi connectivity index (χ4n) is 2.04. The van der Waals surface area contributed by atoms with Gasteiger partial charge in [0.2, 0.25) is 0 Å². The number of aliphatic hydroxyl groups excluding tert-OH is 1. The molecule has 0 aliphatic carbocycles. The summed E-state index contributed by atoms with van der Waals surface area (Å²) in [6.45, 7) is 5.00. The molecule has 96 valence electrons. The molecule has 0 amide bonds. The normalized spacial score (nSPS) is 14.6. The highest BCUT2D eigenvalue weighted by Crippen LogP contribution is 2.25. The van der Waals surface area contributed by atoms with Gasteiger partial charge >= 0.3 is 0 Å². The van der Waals surface area contributed by atoms with Crippen molar-refractivity contribution in [3.8, 4) is 0 Å². The molecule has 1 aromatic carbocycles. The van der Waals surface area contributed by atoms with Gasteiger partial charge in [-0.2, -0.15) is 0 Å². The second-order valence-corrected chi connectivity index (χ2v) is 4.70. The van der Waals surface area contributed by atoms with E-state index in [4.69, 9.17) is 4.74 Å². The predicted molar refractivity (Wildman–Crippen MR) is 71.1 cm³/mol. The SMILES string of the molecule is CCCC(C)C(O)c1ccc(CCOC)cc1. The Hall–Kier alpha value is -0.860. The lowest BCUT2D eigenvalue weighted by Crippen LogP contribution is -2.09. The van der Waals surface area contributed by atoms with Crippen molar-refractivity contribution in [3.63, 3.8) is 0 Å². The maximum atomic E-state index is 10.2. The summed E-state index contributed by atoms with van der Waals surface area (Å²) in [5, 5.41) is 10.2. The molecule has 1 N–H and O–H groups in total. The van der Waals surface area contributed by atoms with Gasteiger partial charge in [0, 0.05) is 7.11 Å². The molecule has 0 saturated carbocycles. The van der Waals surface area contributed by atoms with Gasteiger partial charge in [-0.15, -0.1) is 0 Å². The van der Waals surface area contributed by atoms with Gasteiger partial charge in [0.05, 0.1) is 12.7 Å². The van der Waals surface area contributed by atoms with Crippen LogP contribution < -0.4 is 0 Å². The molecular weight excluding hydrogens is 212 g/mol. The number of ether oxygens (including phenoxy) is 1.